The highest BCUT2D eigenvalue weighted by Crippen LogP contribution is 2.37. The lowest BCUT2D eigenvalue weighted by Gasteiger charge is -2.24. The Morgan fingerprint density at radius 1 is 1.22 bits per heavy atom. The van der Waals surface area contributed by atoms with Crippen LogP contribution < -0.4 is 5.32 Å². The van der Waals surface area contributed by atoms with Crippen molar-refractivity contribution in [2.75, 3.05) is 6.54 Å². The Morgan fingerprint density at radius 2 is 1.94 bits per heavy atom. The Hall–Kier alpha value is -0.480. The molecule has 18 heavy (non-hydrogen) atoms. The molecule has 1 heterocycles. The molecule has 0 bridgehead atoms. The minimum atomic E-state index is 0.392. The minimum absolute atomic E-state index is 0.392. The number of hydrogen-bond donors (Lipinski definition) is 1. The van der Waals surface area contributed by atoms with Crippen LogP contribution in [0.15, 0.2) is 0 Å². The minimum Gasteiger partial charge on any atom is -0.308 e. The van der Waals surface area contributed by atoms with E-state index >= 15 is 0 Å². The van der Waals surface area contributed by atoms with Crippen LogP contribution in [-0.2, 0) is 0 Å². The predicted molar refractivity (Wildman–Crippen MR) is 77.0 cm³/mol. The Morgan fingerprint density at radius 3 is 2.56 bits per heavy atom. The van der Waals surface area contributed by atoms with Crippen molar-refractivity contribution in [3.63, 3.8) is 0 Å². The molecular weight excluding hydrogens is 242 g/mol. The molecule has 1 aromatic rings. The van der Waals surface area contributed by atoms with E-state index in [2.05, 4.69) is 36.3 Å². The zero-order chi connectivity index (χ0) is 13.0. The molecule has 0 aliphatic heterocycles. The molecular formula is C14H25N3S. The van der Waals surface area contributed by atoms with E-state index in [0.29, 0.717) is 12.0 Å². The maximum Gasteiger partial charge on any atom is 0.134 e. The molecule has 1 aliphatic carbocycles. The number of nitrogens with one attached hydrogen (secondary N) is 1. The van der Waals surface area contributed by atoms with Crippen LogP contribution >= 0.6 is 11.3 Å². The van der Waals surface area contributed by atoms with E-state index in [4.69, 9.17) is 0 Å². The lowest BCUT2D eigenvalue weighted by Crippen LogP contribution is -2.19. The van der Waals surface area contributed by atoms with Gasteiger partial charge in [0, 0.05) is 5.92 Å². The normalized spacial score (nSPS) is 26.2. The van der Waals surface area contributed by atoms with Crippen molar-refractivity contribution in [1.82, 2.24) is 15.5 Å². The Balaban J connectivity index is 2.00. The van der Waals surface area contributed by atoms with Crippen LogP contribution in [0.25, 0.3) is 0 Å². The molecule has 0 radical (unpaired) electrons. The summed E-state index contributed by atoms with van der Waals surface area (Å²) in [6.45, 7) is 7.71. The lowest BCUT2D eigenvalue weighted by atomic mass is 9.83. The molecule has 2 rings (SSSR count). The van der Waals surface area contributed by atoms with Crippen LogP contribution in [0.3, 0.4) is 0 Å². The van der Waals surface area contributed by atoms with Gasteiger partial charge in [0.25, 0.3) is 0 Å². The number of hydrogen-bond acceptors (Lipinski definition) is 4. The molecule has 0 aromatic carbocycles. The van der Waals surface area contributed by atoms with E-state index in [9.17, 15) is 0 Å². The Kier molecular flexibility index (Phi) is 5.13. The number of rotatable bonds is 5. The van der Waals surface area contributed by atoms with Gasteiger partial charge in [-0.2, -0.15) is 0 Å². The topological polar surface area (TPSA) is 37.8 Å². The van der Waals surface area contributed by atoms with Crippen molar-refractivity contribution in [3.05, 3.63) is 10.0 Å². The number of nitrogens with zero attached hydrogens (tertiary/aromatic N) is 2. The highest BCUT2D eigenvalue weighted by Gasteiger charge is 2.24. The fraction of sp³-hybridized carbons (Fsp3) is 0.857. The molecule has 0 amide bonds. The van der Waals surface area contributed by atoms with E-state index in [1.807, 2.05) is 11.3 Å². The maximum absolute atomic E-state index is 4.44. The predicted octanol–water partition coefficient (Wildman–Crippen LogP) is 3.89. The third kappa shape index (κ3) is 3.29. The second-order valence-corrected chi connectivity index (χ2v) is 6.49. The summed E-state index contributed by atoms with van der Waals surface area (Å²) in [4.78, 5) is 0. The SMILES string of the molecule is CCNC(CC)c1nnc(C2CCC(C)CC2)s1. The van der Waals surface area contributed by atoms with Gasteiger partial charge in [-0.15, -0.1) is 10.2 Å². The van der Waals surface area contributed by atoms with E-state index in [-0.39, 0.29) is 0 Å². The van der Waals surface area contributed by atoms with Crippen LogP contribution in [0.5, 0.6) is 0 Å². The molecule has 1 aliphatic rings. The molecule has 0 saturated heterocycles. The summed E-state index contributed by atoms with van der Waals surface area (Å²) in [5.41, 5.74) is 0. The van der Waals surface area contributed by atoms with Gasteiger partial charge in [0.2, 0.25) is 0 Å². The van der Waals surface area contributed by atoms with Crippen LogP contribution in [-0.4, -0.2) is 16.7 Å². The summed E-state index contributed by atoms with van der Waals surface area (Å²) in [7, 11) is 0. The summed E-state index contributed by atoms with van der Waals surface area (Å²) in [5.74, 6) is 1.57. The summed E-state index contributed by atoms with van der Waals surface area (Å²) in [6, 6.07) is 0.392. The molecule has 1 fully saturated rings. The smallest absolute Gasteiger partial charge is 0.134 e. The molecule has 1 aromatic heterocycles. The van der Waals surface area contributed by atoms with Gasteiger partial charge < -0.3 is 5.32 Å². The largest absolute Gasteiger partial charge is 0.308 e. The molecule has 3 nitrogen and oxygen atoms in total. The Bertz CT molecular complexity index is 356. The van der Waals surface area contributed by atoms with Crippen molar-refractivity contribution in [2.24, 2.45) is 5.92 Å². The van der Waals surface area contributed by atoms with Crippen molar-refractivity contribution < 1.29 is 0 Å². The summed E-state index contributed by atoms with van der Waals surface area (Å²) >= 11 is 1.83. The van der Waals surface area contributed by atoms with Crippen molar-refractivity contribution in [2.45, 2.75) is 64.8 Å². The first-order valence-corrected chi connectivity index (χ1v) is 8.12. The van der Waals surface area contributed by atoms with Crippen molar-refractivity contribution in [3.8, 4) is 0 Å². The third-order valence-electron chi connectivity index (χ3n) is 3.98. The quantitative estimate of drug-likeness (QED) is 0.879. The molecule has 1 atom stereocenters. The summed E-state index contributed by atoms with van der Waals surface area (Å²) in [6.07, 6.45) is 6.39. The van der Waals surface area contributed by atoms with Gasteiger partial charge in [0.1, 0.15) is 10.0 Å². The monoisotopic (exact) mass is 267 g/mol. The standard InChI is InChI=1S/C14H25N3S/c1-4-12(15-5-2)14-17-16-13(18-14)11-8-6-10(3)7-9-11/h10-12,15H,4-9H2,1-3H3. The van der Waals surface area contributed by atoms with Gasteiger partial charge in [0.15, 0.2) is 0 Å². The second kappa shape index (κ2) is 6.62. The molecule has 1 unspecified atom stereocenters. The van der Waals surface area contributed by atoms with Crippen LogP contribution in [0.1, 0.15) is 74.9 Å². The van der Waals surface area contributed by atoms with Crippen LogP contribution in [0.2, 0.25) is 0 Å². The first-order chi connectivity index (χ1) is 8.74. The fourth-order valence-electron chi connectivity index (χ4n) is 2.71. The average Bonchev–Trinajstić information content (AvgIpc) is 2.86. The average molecular weight is 267 g/mol. The molecule has 1 N–H and O–H groups in total. The van der Waals surface area contributed by atoms with Gasteiger partial charge in [0.05, 0.1) is 6.04 Å². The van der Waals surface area contributed by atoms with Gasteiger partial charge in [-0.3, -0.25) is 0 Å². The molecule has 4 heteroatoms. The maximum atomic E-state index is 4.44. The Labute approximate surface area is 114 Å². The van der Waals surface area contributed by atoms with Gasteiger partial charge in [-0.1, -0.05) is 44.9 Å². The zero-order valence-corrected chi connectivity index (χ0v) is 12.6. The highest BCUT2D eigenvalue weighted by atomic mass is 32.1. The molecule has 102 valence electrons. The van der Waals surface area contributed by atoms with E-state index < -0.39 is 0 Å². The second-order valence-electron chi connectivity index (χ2n) is 5.45. The molecule has 0 spiro atoms. The van der Waals surface area contributed by atoms with E-state index in [1.165, 1.54) is 35.7 Å². The molecule has 1 saturated carbocycles. The lowest BCUT2D eigenvalue weighted by molar-refractivity contribution is 0.346. The highest BCUT2D eigenvalue weighted by molar-refractivity contribution is 7.11. The van der Waals surface area contributed by atoms with Crippen molar-refractivity contribution >= 4 is 11.3 Å². The van der Waals surface area contributed by atoms with E-state index in [1.54, 1.807) is 0 Å². The number of aromatic nitrogens is 2. The van der Waals surface area contributed by atoms with Gasteiger partial charge >= 0.3 is 0 Å². The van der Waals surface area contributed by atoms with E-state index in [0.717, 1.165) is 18.9 Å². The van der Waals surface area contributed by atoms with Crippen LogP contribution in [0.4, 0.5) is 0 Å². The van der Waals surface area contributed by atoms with Crippen LogP contribution in [0, 0.1) is 5.92 Å². The zero-order valence-electron chi connectivity index (χ0n) is 11.8. The fourth-order valence-corrected chi connectivity index (χ4v) is 3.88. The van der Waals surface area contributed by atoms with Gasteiger partial charge in [-0.05, 0) is 31.7 Å². The summed E-state index contributed by atoms with van der Waals surface area (Å²) < 4.78 is 0. The first kappa shape index (κ1) is 13.9. The van der Waals surface area contributed by atoms with Gasteiger partial charge in [-0.25, -0.2) is 0 Å². The van der Waals surface area contributed by atoms with Crippen molar-refractivity contribution in [1.29, 1.82) is 0 Å². The first-order valence-electron chi connectivity index (χ1n) is 7.31. The summed E-state index contributed by atoms with van der Waals surface area (Å²) in [5, 5.41) is 14.8. The third-order valence-corrected chi connectivity index (χ3v) is 5.18.